The van der Waals surface area contributed by atoms with Crippen molar-refractivity contribution in [2.24, 2.45) is 28.6 Å². The molecule has 4 heteroatoms. The number of carbonyl (C=O) groups is 2. The smallest absolute Gasteiger partial charge is 0.311 e. The van der Waals surface area contributed by atoms with Gasteiger partial charge in [0.15, 0.2) is 0 Å². The second kappa shape index (κ2) is 6.34. The molecule has 0 N–H and O–H groups in total. The normalized spacial score (nSPS) is 37.7. The molecule has 5 aliphatic rings. The molecule has 2 aromatic rings. The number of ether oxygens (including phenoxy) is 1. The van der Waals surface area contributed by atoms with Gasteiger partial charge in [0.25, 0.3) is 0 Å². The average Bonchev–Trinajstić information content (AvgIpc) is 2.76. The summed E-state index contributed by atoms with van der Waals surface area (Å²) in [4.78, 5) is 28.5. The third kappa shape index (κ3) is 2.48. The molecular formula is C27H31NO3. The van der Waals surface area contributed by atoms with Gasteiger partial charge >= 0.3 is 5.97 Å². The fourth-order valence-corrected chi connectivity index (χ4v) is 8.10. The number of esters is 1. The van der Waals surface area contributed by atoms with Crippen LogP contribution < -0.4 is 0 Å². The molecule has 31 heavy (non-hydrogen) atoms. The number of hydrogen-bond donors (Lipinski definition) is 0. The Morgan fingerprint density at radius 2 is 1.68 bits per heavy atom. The van der Waals surface area contributed by atoms with Crippen LogP contribution in [0.2, 0.25) is 0 Å². The Bertz CT molecular complexity index is 1070. The van der Waals surface area contributed by atoms with Gasteiger partial charge in [-0.2, -0.15) is 0 Å². The summed E-state index contributed by atoms with van der Waals surface area (Å²) in [5.41, 5.74) is 0.554. The lowest BCUT2D eigenvalue weighted by Gasteiger charge is -2.66. The van der Waals surface area contributed by atoms with Crippen LogP contribution in [0.4, 0.5) is 0 Å². The van der Waals surface area contributed by atoms with Crippen LogP contribution in [-0.2, 0) is 14.3 Å². The first-order valence-electron chi connectivity index (χ1n) is 11.7. The van der Waals surface area contributed by atoms with Crippen molar-refractivity contribution in [3.05, 3.63) is 48.0 Å². The minimum absolute atomic E-state index is 0.0220. The van der Waals surface area contributed by atoms with Gasteiger partial charge < -0.3 is 9.64 Å². The van der Waals surface area contributed by atoms with Gasteiger partial charge in [0, 0.05) is 6.04 Å². The SMILES string of the molecule is COC(=O)[C@]12CC3CC(C1)[C@@H](N1C(=O)C(C)(C)C1c1cccc4ccccc14)C(C3)C2. The first-order chi connectivity index (χ1) is 14.9. The number of β-lactam (4-membered cyclic amide) rings is 1. The molecule has 4 nitrogen and oxygen atoms in total. The molecule has 1 heterocycles. The van der Waals surface area contributed by atoms with E-state index in [0.717, 1.165) is 32.1 Å². The second-order valence-electron chi connectivity index (χ2n) is 11.1. The van der Waals surface area contributed by atoms with E-state index in [1.54, 1.807) is 0 Å². The maximum absolute atomic E-state index is 13.5. The number of methoxy groups -OCH3 is 1. The predicted octanol–water partition coefficient (Wildman–Crippen LogP) is 5.12. The minimum atomic E-state index is -0.404. The number of carbonyl (C=O) groups excluding carboxylic acids is 2. The Balaban J connectivity index is 1.41. The zero-order valence-electron chi connectivity index (χ0n) is 18.6. The van der Waals surface area contributed by atoms with Crippen molar-refractivity contribution in [3.8, 4) is 0 Å². The maximum Gasteiger partial charge on any atom is 0.311 e. The third-order valence-corrected chi connectivity index (χ3v) is 9.03. The summed E-state index contributed by atoms with van der Waals surface area (Å²) in [6.07, 6.45) is 5.03. The zero-order chi connectivity index (χ0) is 21.5. The summed E-state index contributed by atoms with van der Waals surface area (Å²) in [6.45, 7) is 4.20. The molecule has 4 aliphatic carbocycles. The number of fused-ring (bicyclic) bond motifs is 1. The molecule has 5 fully saturated rings. The van der Waals surface area contributed by atoms with Gasteiger partial charge in [0.2, 0.25) is 5.91 Å². The monoisotopic (exact) mass is 417 g/mol. The molecule has 0 aromatic heterocycles. The van der Waals surface area contributed by atoms with E-state index in [-0.39, 0.29) is 29.4 Å². The molecule has 1 amide bonds. The van der Waals surface area contributed by atoms with Crippen molar-refractivity contribution >= 4 is 22.6 Å². The highest BCUT2D eigenvalue weighted by Crippen LogP contribution is 2.65. The largest absolute Gasteiger partial charge is 0.469 e. The molecule has 162 valence electrons. The number of hydrogen-bond acceptors (Lipinski definition) is 3. The van der Waals surface area contributed by atoms with Crippen molar-refractivity contribution < 1.29 is 14.3 Å². The van der Waals surface area contributed by atoms with E-state index in [9.17, 15) is 9.59 Å². The molecule has 3 atom stereocenters. The summed E-state index contributed by atoms with van der Waals surface area (Å²) < 4.78 is 5.24. The van der Waals surface area contributed by atoms with Gasteiger partial charge in [-0.15, -0.1) is 0 Å². The quantitative estimate of drug-likeness (QED) is 0.515. The Morgan fingerprint density at radius 1 is 1.00 bits per heavy atom. The molecule has 0 spiro atoms. The van der Waals surface area contributed by atoms with E-state index in [2.05, 4.69) is 61.2 Å². The van der Waals surface area contributed by atoms with Gasteiger partial charge in [0.1, 0.15) is 0 Å². The van der Waals surface area contributed by atoms with E-state index in [0.29, 0.717) is 17.8 Å². The molecule has 2 aromatic carbocycles. The van der Waals surface area contributed by atoms with E-state index >= 15 is 0 Å². The van der Waals surface area contributed by atoms with Crippen LogP contribution in [0.5, 0.6) is 0 Å². The summed E-state index contributed by atoms with van der Waals surface area (Å²) >= 11 is 0. The van der Waals surface area contributed by atoms with E-state index in [4.69, 9.17) is 4.74 Å². The van der Waals surface area contributed by atoms with E-state index in [1.807, 2.05) is 0 Å². The van der Waals surface area contributed by atoms with Gasteiger partial charge in [-0.1, -0.05) is 42.5 Å². The second-order valence-corrected chi connectivity index (χ2v) is 11.1. The van der Waals surface area contributed by atoms with Crippen molar-refractivity contribution in [2.75, 3.05) is 7.11 Å². The standard InChI is InChI=1S/C27H31NO3/c1-26(2)23(21-10-6-8-17-7-4-5-9-20(17)21)28(24(26)29)22-18-11-16-12-19(22)15-27(13-16,14-18)25(30)31-3/h4-10,16,18-19,22-23H,11-15H2,1-3H3/t16?,18?,19?,22-,23?,27-. The molecule has 4 bridgehead atoms. The number of benzene rings is 2. The maximum atomic E-state index is 13.5. The number of amides is 1. The molecule has 1 saturated heterocycles. The first kappa shape index (κ1) is 19.3. The average molecular weight is 418 g/mol. The van der Waals surface area contributed by atoms with Crippen LogP contribution >= 0.6 is 0 Å². The van der Waals surface area contributed by atoms with Crippen molar-refractivity contribution in [1.29, 1.82) is 0 Å². The highest BCUT2D eigenvalue weighted by molar-refractivity contribution is 5.94. The van der Waals surface area contributed by atoms with Gasteiger partial charge in [-0.05, 0) is 80.0 Å². The van der Waals surface area contributed by atoms with E-state index in [1.165, 1.54) is 23.4 Å². The Kier molecular flexibility index (Phi) is 3.95. The third-order valence-electron chi connectivity index (χ3n) is 9.03. The Hall–Kier alpha value is -2.36. The van der Waals surface area contributed by atoms with Crippen LogP contribution in [0, 0.1) is 28.6 Å². The molecule has 1 aliphatic heterocycles. The number of likely N-dealkylation sites (tertiary alicyclic amines) is 1. The fraction of sp³-hybridized carbons (Fsp3) is 0.556. The van der Waals surface area contributed by atoms with Crippen molar-refractivity contribution in [2.45, 2.75) is 58.0 Å². The molecular weight excluding hydrogens is 386 g/mol. The summed E-state index contributed by atoms with van der Waals surface area (Å²) in [5.74, 6) is 1.67. The fourth-order valence-electron chi connectivity index (χ4n) is 8.10. The zero-order valence-corrected chi connectivity index (χ0v) is 18.6. The summed E-state index contributed by atoms with van der Waals surface area (Å²) in [6, 6.07) is 15.3. The van der Waals surface area contributed by atoms with Crippen molar-refractivity contribution in [3.63, 3.8) is 0 Å². The highest BCUT2D eigenvalue weighted by Gasteiger charge is 2.65. The van der Waals surface area contributed by atoms with Crippen LogP contribution in [0.3, 0.4) is 0 Å². The van der Waals surface area contributed by atoms with Gasteiger partial charge in [-0.25, -0.2) is 0 Å². The highest BCUT2D eigenvalue weighted by atomic mass is 16.5. The van der Waals surface area contributed by atoms with Crippen LogP contribution in [0.15, 0.2) is 42.5 Å². The summed E-state index contributed by atoms with van der Waals surface area (Å²) in [5, 5.41) is 2.47. The van der Waals surface area contributed by atoms with Crippen molar-refractivity contribution in [1.82, 2.24) is 4.90 Å². The Labute approximate surface area is 183 Å². The molecule has 4 saturated carbocycles. The lowest BCUT2D eigenvalue weighted by molar-refractivity contribution is -0.203. The first-order valence-corrected chi connectivity index (χ1v) is 11.7. The molecule has 7 rings (SSSR count). The predicted molar refractivity (Wildman–Crippen MR) is 119 cm³/mol. The van der Waals surface area contributed by atoms with Gasteiger partial charge in [0.05, 0.1) is 24.0 Å². The van der Waals surface area contributed by atoms with Crippen LogP contribution in [0.25, 0.3) is 10.8 Å². The van der Waals surface area contributed by atoms with Gasteiger partial charge in [-0.3, -0.25) is 9.59 Å². The lowest BCUT2D eigenvalue weighted by atomic mass is 9.47. The van der Waals surface area contributed by atoms with Crippen LogP contribution in [-0.4, -0.2) is 29.9 Å². The number of rotatable bonds is 3. The van der Waals surface area contributed by atoms with E-state index < -0.39 is 5.41 Å². The minimum Gasteiger partial charge on any atom is -0.469 e. The van der Waals surface area contributed by atoms with Crippen LogP contribution in [0.1, 0.15) is 57.6 Å². The molecule has 3 unspecified atom stereocenters. The number of nitrogens with zero attached hydrogens (tertiary/aromatic N) is 1. The Morgan fingerprint density at radius 3 is 2.39 bits per heavy atom. The lowest BCUT2D eigenvalue weighted by Crippen LogP contribution is -2.70. The summed E-state index contributed by atoms with van der Waals surface area (Å²) in [7, 11) is 1.52. The topological polar surface area (TPSA) is 46.6 Å². The molecule has 0 radical (unpaired) electrons.